The number of benzene rings is 1. The van der Waals surface area contributed by atoms with Crippen LogP contribution in [-0.4, -0.2) is 44.1 Å². The lowest BCUT2D eigenvalue weighted by Crippen LogP contribution is -2.38. The molecule has 24 heavy (non-hydrogen) atoms. The molecule has 130 valence electrons. The summed E-state index contributed by atoms with van der Waals surface area (Å²) in [6, 6.07) is 9.76. The Morgan fingerprint density at radius 3 is 2.46 bits per heavy atom. The number of hydrogen-bond acceptors (Lipinski definition) is 3. The largest absolute Gasteiger partial charge is 0.356 e. The molecule has 5 heteroatoms. The van der Waals surface area contributed by atoms with Crippen LogP contribution in [0.3, 0.4) is 0 Å². The van der Waals surface area contributed by atoms with Gasteiger partial charge in [-0.1, -0.05) is 25.0 Å². The lowest BCUT2D eigenvalue weighted by atomic mass is 10.1. The maximum absolute atomic E-state index is 8.82. The molecule has 0 spiro atoms. The minimum atomic E-state index is 0.690. The third-order valence-corrected chi connectivity index (χ3v) is 4.41. The molecule has 5 nitrogen and oxygen atoms in total. The van der Waals surface area contributed by atoms with Crippen molar-refractivity contribution in [3.63, 3.8) is 0 Å². The van der Waals surface area contributed by atoms with Crippen molar-refractivity contribution < 1.29 is 0 Å². The summed E-state index contributed by atoms with van der Waals surface area (Å²) >= 11 is 0. The van der Waals surface area contributed by atoms with Gasteiger partial charge >= 0.3 is 0 Å². The quantitative estimate of drug-likeness (QED) is 0.479. The van der Waals surface area contributed by atoms with Gasteiger partial charge in [0, 0.05) is 20.1 Å². The molecule has 1 heterocycles. The van der Waals surface area contributed by atoms with E-state index in [9.17, 15) is 0 Å². The van der Waals surface area contributed by atoms with E-state index < -0.39 is 0 Å². The van der Waals surface area contributed by atoms with E-state index in [1.54, 1.807) is 7.05 Å². The number of nitrogens with one attached hydrogen (secondary N) is 2. The Kier molecular flexibility index (Phi) is 8.12. The van der Waals surface area contributed by atoms with E-state index in [2.05, 4.69) is 26.6 Å². The molecule has 1 fully saturated rings. The molecular formula is C19H29N5. The Bertz CT molecular complexity index is 536. The van der Waals surface area contributed by atoms with E-state index in [0.29, 0.717) is 12.1 Å². The molecule has 1 aromatic carbocycles. The number of likely N-dealkylation sites (tertiary alicyclic amines) is 1. The smallest absolute Gasteiger partial charge is 0.191 e. The molecule has 1 aromatic rings. The van der Waals surface area contributed by atoms with Gasteiger partial charge in [-0.25, -0.2) is 0 Å². The van der Waals surface area contributed by atoms with E-state index >= 15 is 0 Å². The third-order valence-electron chi connectivity index (χ3n) is 4.41. The lowest BCUT2D eigenvalue weighted by molar-refractivity contribution is 0.282. The normalized spacial score (nSPS) is 16.2. The predicted octanol–water partition coefficient (Wildman–Crippen LogP) is 2.49. The molecule has 0 saturated carbocycles. The molecule has 2 rings (SSSR count). The molecule has 1 aliphatic rings. The number of guanidine groups is 1. The SMILES string of the molecule is CN=C(NCCCN1CCCCCC1)NCc1ccc(C#N)cc1. The van der Waals surface area contributed by atoms with Gasteiger partial charge < -0.3 is 15.5 Å². The van der Waals surface area contributed by atoms with E-state index in [0.717, 1.165) is 24.5 Å². The lowest BCUT2D eigenvalue weighted by Gasteiger charge is -2.20. The summed E-state index contributed by atoms with van der Waals surface area (Å²) in [6.07, 6.45) is 6.61. The van der Waals surface area contributed by atoms with Crippen LogP contribution in [-0.2, 0) is 6.54 Å². The predicted molar refractivity (Wildman–Crippen MR) is 98.9 cm³/mol. The van der Waals surface area contributed by atoms with E-state index in [1.165, 1.54) is 45.3 Å². The Labute approximate surface area is 145 Å². The fourth-order valence-corrected chi connectivity index (χ4v) is 2.97. The zero-order valence-electron chi connectivity index (χ0n) is 14.7. The zero-order chi connectivity index (χ0) is 17.0. The minimum Gasteiger partial charge on any atom is -0.356 e. The third kappa shape index (κ3) is 6.59. The monoisotopic (exact) mass is 327 g/mol. The molecule has 0 amide bonds. The highest BCUT2D eigenvalue weighted by molar-refractivity contribution is 5.79. The van der Waals surface area contributed by atoms with E-state index in [1.807, 2.05) is 24.3 Å². The molecule has 0 aliphatic carbocycles. The highest BCUT2D eigenvalue weighted by atomic mass is 15.2. The van der Waals surface area contributed by atoms with Crippen molar-refractivity contribution in [2.24, 2.45) is 4.99 Å². The molecule has 0 bridgehead atoms. The summed E-state index contributed by atoms with van der Waals surface area (Å²) in [7, 11) is 1.79. The molecule has 0 aromatic heterocycles. The second-order valence-electron chi connectivity index (χ2n) is 6.27. The second-order valence-corrected chi connectivity index (χ2v) is 6.27. The number of rotatable bonds is 6. The van der Waals surface area contributed by atoms with Crippen LogP contribution in [0.25, 0.3) is 0 Å². The zero-order valence-corrected chi connectivity index (χ0v) is 14.7. The molecule has 1 aliphatic heterocycles. The summed E-state index contributed by atoms with van der Waals surface area (Å²) in [5.74, 6) is 0.829. The van der Waals surface area contributed by atoms with Gasteiger partial charge in [0.05, 0.1) is 11.6 Å². The van der Waals surface area contributed by atoms with Gasteiger partial charge in [0.15, 0.2) is 5.96 Å². The standard InChI is InChI=1S/C19H29N5/c1-21-19(23-16-18-9-7-17(15-20)8-10-18)22-11-6-14-24-12-4-2-3-5-13-24/h7-10H,2-6,11-14,16H2,1H3,(H2,21,22,23). The molecular weight excluding hydrogens is 298 g/mol. The van der Waals surface area contributed by atoms with Crippen molar-refractivity contribution in [1.82, 2.24) is 15.5 Å². The first-order valence-corrected chi connectivity index (χ1v) is 8.98. The summed E-state index contributed by atoms with van der Waals surface area (Å²) in [6.45, 7) is 5.32. The van der Waals surface area contributed by atoms with Crippen LogP contribution in [0, 0.1) is 11.3 Å². The average Bonchev–Trinajstić information content (AvgIpc) is 2.90. The Morgan fingerprint density at radius 1 is 1.12 bits per heavy atom. The van der Waals surface area contributed by atoms with Crippen molar-refractivity contribution in [3.05, 3.63) is 35.4 Å². The van der Waals surface area contributed by atoms with Crippen LogP contribution in [0.15, 0.2) is 29.3 Å². The van der Waals surface area contributed by atoms with Crippen LogP contribution in [0.4, 0.5) is 0 Å². The Morgan fingerprint density at radius 2 is 1.83 bits per heavy atom. The topological polar surface area (TPSA) is 63.5 Å². The Hall–Kier alpha value is -2.06. The van der Waals surface area contributed by atoms with Crippen molar-refractivity contribution in [1.29, 1.82) is 5.26 Å². The van der Waals surface area contributed by atoms with Gasteiger partial charge in [-0.05, 0) is 56.6 Å². The van der Waals surface area contributed by atoms with Crippen molar-refractivity contribution >= 4 is 5.96 Å². The first kappa shape index (κ1) is 18.3. The van der Waals surface area contributed by atoms with Crippen molar-refractivity contribution in [2.45, 2.75) is 38.6 Å². The molecule has 0 unspecified atom stereocenters. The van der Waals surface area contributed by atoms with Crippen LogP contribution in [0.2, 0.25) is 0 Å². The van der Waals surface area contributed by atoms with Crippen molar-refractivity contribution in [2.75, 3.05) is 33.2 Å². The first-order chi connectivity index (χ1) is 11.8. The van der Waals surface area contributed by atoms with Gasteiger partial charge in [-0.15, -0.1) is 0 Å². The van der Waals surface area contributed by atoms with Gasteiger partial charge in [0.1, 0.15) is 0 Å². The molecule has 1 saturated heterocycles. The van der Waals surface area contributed by atoms with E-state index in [4.69, 9.17) is 5.26 Å². The van der Waals surface area contributed by atoms with Gasteiger partial charge in [-0.2, -0.15) is 5.26 Å². The van der Waals surface area contributed by atoms with Gasteiger partial charge in [0.25, 0.3) is 0 Å². The summed E-state index contributed by atoms with van der Waals surface area (Å²) in [4.78, 5) is 6.85. The highest BCUT2D eigenvalue weighted by Gasteiger charge is 2.08. The summed E-state index contributed by atoms with van der Waals surface area (Å²) in [5.41, 5.74) is 1.83. The maximum atomic E-state index is 8.82. The highest BCUT2D eigenvalue weighted by Crippen LogP contribution is 2.09. The molecule has 2 N–H and O–H groups in total. The molecule has 0 atom stereocenters. The van der Waals surface area contributed by atoms with Crippen LogP contribution < -0.4 is 10.6 Å². The molecule has 0 radical (unpaired) electrons. The Balaban J connectivity index is 1.63. The number of nitriles is 1. The minimum absolute atomic E-state index is 0.690. The fourth-order valence-electron chi connectivity index (χ4n) is 2.97. The second kappa shape index (κ2) is 10.7. The van der Waals surface area contributed by atoms with Gasteiger partial charge in [-0.3, -0.25) is 4.99 Å². The van der Waals surface area contributed by atoms with Crippen LogP contribution in [0.5, 0.6) is 0 Å². The van der Waals surface area contributed by atoms with Crippen molar-refractivity contribution in [3.8, 4) is 6.07 Å². The van der Waals surface area contributed by atoms with E-state index in [-0.39, 0.29) is 0 Å². The summed E-state index contributed by atoms with van der Waals surface area (Å²) < 4.78 is 0. The fraction of sp³-hybridized carbons (Fsp3) is 0.579. The van der Waals surface area contributed by atoms with Crippen LogP contribution >= 0.6 is 0 Å². The number of nitrogens with zero attached hydrogens (tertiary/aromatic N) is 3. The summed E-state index contributed by atoms with van der Waals surface area (Å²) in [5, 5.41) is 15.5. The van der Waals surface area contributed by atoms with Gasteiger partial charge in [0.2, 0.25) is 0 Å². The van der Waals surface area contributed by atoms with Crippen LogP contribution in [0.1, 0.15) is 43.2 Å². The number of aliphatic imine (C=N–C) groups is 1. The maximum Gasteiger partial charge on any atom is 0.191 e. The first-order valence-electron chi connectivity index (χ1n) is 8.98. The average molecular weight is 327 g/mol. The number of hydrogen-bond donors (Lipinski definition) is 2.